The van der Waals surface area contributed by atoms with Crippen LogP contribution in [0.5, 0.6) is 11.5 Å². The molecule has 0 atom stereocenters. The van der Waals surface area contributed by atoms with Crippen LogP contribution in [0.4, 0.5) is 5.69 Å². The lowest BCUT2D eigenvalue weighted by molar-refractivity contribution is 0.332. The minimum Gasteiger partial charge on any atom is -0.494 e. The summed E-state index contributed by atoms with van der Waals surface area (Å²) in [6.07, 6.45) is 0. The quantitative estimate of drug-likeness (QED) is 0.840. The fourth-order valence-electron chi connectivity index (χ4n) is 2.13. The van der Waals surface area contributed by atoms with Crippen LogP contribution in [-0.4, -0.2) is 13.2 Å². The molecule has 4 nitrogen and oxygen atoms in total. The van der Waals surface area contributed by atoms with Crippen molar-refractivity contribution in [3.63, 3.8) is 0 Å². The summed E-state index contributed by atoms with van der Waals surface area (Å²) >= 11 is 0. The Kier molecular flexibility index (Phi) is 5.67. The molecule has 0 aromatic heterocycles. The summed E-state index contributed by atoms with van der Waals surface area (Å²) in [5, 5.41) is 12.3. The van der Waals surface area contributed by atoms with Gasteiger partial charge < -0.3 is 14.8 Å². The van der Waals surface area contributed by atoms with Crippen molar-refractivity contribution in [3.8, 4) is 17.6 Å². The molecule has 22 heavy (non-hydrogen) atoms. The molecule has 0 bridgehead atoms. The highest BCUT2D eigenvalue weighted by molar-refractivity contribution is 5.60. The number of nitrogens with one attached hydrogen (secondary N) is 1. The van der Waals surface area contributed by atoms with Crippen LogP contribution in [0.25, 0.3) is 0 Å². The van der Waals surface area contributed by atoms with E-state index in [4.69, 9.17) is 14.7 Å². The third-order valence-corrected chi connectivity index (χ3v) is 3.10. The molecular weight excluding hydrogens is 276 g/mol. The van der Waals surface area contributed by atoms with Crippen LogP contribution in [0.2, 0.25) is 0 Å². The van der Waals surface area contributed by atoms with Crippen LogP contribution < -0.4 is 14.8 Å². The van der Waals surface area contributed by atoms with E-state index in [9.17, 15) is 0 Å². The highest BCUT2D eigenvalue weighted by Gasteiger charge is 2.06. The number of nitrogens with zero attached hydrogens (tertiary/aromatic N) is 1. The Morgan fingerprint density at radius 3 is 2.59 bits per heavy atom. The van der Waals surface area contributed by atoms with E-state index in [0.717, 1.165) is 22.7 Å². The van der Waals surface area contributed by atoms with Crippen LogP contribution in [0.1, 0.15) is 25.0 Å². The smallest absolute Gasteiger partial charge is 0.142 e. The molecule has 0 amide bonds. The van der Waals surface area contributed by atoms with E-state index in [1.807, 2.05) is 50.2 Å². The first kappa shape index (κ1) is 15.7. The Hall–Kier alpha value is -2.67. The van der Waals surface area contributed by atoms with Crippen LogP contribution in [0.15, 0.2) is 42.5 Å². The number of ether oxygens (including phenoxy) is 2. The minimum atomic E-state index is 0.604. The van der Waals surface area contributed by atoms with Crippen LogP contribution >= 0.6 is 0 Å². The summed E-state index contributed by atoms with van der Waals surface area (Å²) in [4.78, 5) is 0. The average Bonchev–Trinajstić information content (AvgIpc) is 2.55. The highest BCUT2D eigenvalue weighted by atomic mass is 16.5. The van der Waals surface area contributed by atoms with Gasteiger partial charge in [-0.3, -0.25) is 0 Å². The number of rotatable bonds is 7. The van der Waals surface area contributed by atoms with Gasteiger partial charge in [-0.25, -0.2) is 0 Å². The summed E-state index contributed by atoms with van der Waals surface area (Å²) in [5.41, 5.74) is 2.59. The molecule has 0 fully saturated rings. The molecule has 0 spiro atoms. The predicted molar refractivity (Wildman–Crippen MR) is 87.3 cm³/mol. The summed E-state index contributed by atoms with van der Waals surface area (Å²) in [5.74, 6) is 1.60. The molecule has 0 aliphatic carbocycles. The summed E-state index contributed by atoms with van der Waals surface area (Å²) < 4.78 is 11.2. The van der Waals surface area contributed by atoms with Gasteiger partial charge >= 0.3 is 0 Å². The Morgan fingerprint density at radius 2 is 1.86 bits per heavy atom. The van der Waals surface area contributed by atoms with Gasteiger partial charge in [-0.2, -0.15) is 5.26 Å². The molecule has 1 N–H and O–H groups in total. The zero-order valence-electron chi connectivity index (χ0n) is 12.9. The first-order chi connectivity index (χ1) is 10.8. The van der Waals surface area contributed by atoms with E-state index in [0.29, 0.717) is 25.3 Å². The van der Waals surface area contributed by atoms with Crippen molar-refractivity contribution in [1.29, 1.82) is 5.26 Å². The number of anilines is 1. The van der Waals surface area contributed by atoms with Crippen molar-refractivity contribution >= 4 is 5.69 Å². The Bertz CT molecular complexity index is 662. The average molecular weight is 296 g/mol. The molecule has 0 saturated heterocycles. The second-order valence-corrected chi connectivity index (χ2v) is 4.69. The van der Waals surface area contributed by atoms with Gasteiger partial charge in [-0.15, -0.1) is 0 Å². The zero-order valence-corrected chi connectivity index (χ0v) is 12.9. The molecule has 0 heterocycles. The van der Waals surface area contributed by atoms with Gasteiger partial charge in [-0.05, 0) is 43.7 Å². The molecular formula is C18H20N2O2. The number of hydrogen-bond donors (Lipinski definition) is 1. The van der Waals surface area contributed by atoms with Crippen molar-refractivity contribution in [2.24, 2.45) is 0 Å². The molecule has 2 aromatic carbocycles. The first-order valence-corrected chi connectivity index (χ1v) is 7.39. The van der Waals surface area contributed by atoms with Gasteiger partial charge in [0.1, 0.15) is 11.5 Å². The van der Waals surface area contributed by atoms with E-state index >= 15 is 0 Å². The molecule has 2 aromatic rings. The van der Waals surface area contributed by atoms with E-state index in [1.54, 1.807) is 6.07 Å². The topological polar surface area (TPSA) is 54.3 Å². The summed E-state index contributed by atoms with van der Waals surface area (Å²) in [6.45, 7) is 5.75. The molecule has 114 valence electrons. The van der Waals surface area contributed by atoms with Gasteiger partial charge in [0.05, 0.1) is 30.5 Å². The van der Waals surface area contributed by atoms with E-state index in [1.165, 1.54) is 0 Å². The maximum Gasteiger partial charge on any atom is 0.142 e. The lowest BCUT2D eigenvalue weighted by Crippen LogP contribution is -2.04. The standard InChI is InChI=1S/C18H20N2O2/c1-3-21-16-8-9-18(22-4-2)17(11-16)20-13-15-7-5-6-14(10-15)12-19/h5-11,20H,3-4,13H2,1-2H3. The lowest BCUT2D eigenvalue weighted by atomic mass is 10.1. The third-order valence-electron chi connectivity index (χ3n) is 3.10. The zero-order chi connectivity index (χ0) is 15.8. The largest absolute Gasteiger partial charge is 0.494 e. The maximum absolute atomic E-state index is 8.95. The van der Waals surface area contributed by atoms with Crippen molar-refractivity contribution in [2.75, 3.05) is 18.5 Å². The van der Waals surface area contributed by atoms with Crippen LogP contribution in [-0.2, 0) is 6.54 Å². The number of nitriles is 1. The molecule has 0 radical (unpaired) electrons. The van der Waals surface area contributed by atoms with Gasteiger partial charge in [0.25, 0.3) is 0 Å². The Balaban J connectivity index is 2.15. The Morgan fingerprint density at radius 1 is 1.05 bits per heavy atom. The molecule has 0 saturated carbocycles. The van der Waals surface area contributed by atoms with Gasteiger partial charge in [0.2, 0.25) is 0 Å². The van der Waals surface area contributed by atoms with E-state index in [2.05, 4.69) is 11.4 Å². The monoisotopic (exact) mass is 296 g/mol. The van der Waals surface area contributed by atoms with Crippen molar-refractivity contribution in [3.05, 3.63) is 53.6 Å². The second kappa shape index (κ2) is 7.94. The maximum atomic E-state index is 8.95. The number of benzene rings is 2. The number of hydrogen-bond acceptors (Lipinski definition) is 4. The van der Waals surface area contributed by atoms with Gasteiger partial charge in [0.15, 0.2) is 0 Å². The van der Waals surface area contributed by atoms with Crippen LogP contribution in [0, 0.1) is 11.3 Å². The highest BCUT2D eigenvalue weighted by Crippen LogP contribution is 2.29. The summed E-state index contributed by atoms with van der Waals surface area (Å²) in [6, 6.07) is 15.4. The Labute approximate surface area is 131 Å². The first-order valence-electron chi connectivity index (χ1n) is 7.39. The van der Waals surface area contributed by atoms with Gasteiger partial charge in [0, 0.05) is 12.6 Å². The molecule has 0 aliphatic heterocycles. The normalized spacial score (nSPS) is 9.86. The van der Waals surface area contributed by atoms with Crippen molar-refractivity contribution in [2.45, 2.75) is 20.4 Å². The second-order valence-electron chi connectivity index (χ2n) is 4.69. The van der Waals surface area contributed by atoms with Gasteiger partial charge in [-0.1, -0.05) is 12.1 Å². The predicted octanol–water partition coefficient (Wildman–Crippen LogP) is 3.97. The molecule has 2 rings (SSSR count). The SMILES string of the molecule is CCOc1ccc(OCC)c(NCc2cccc(C#N)c2)c1. The van der Waals surface area contributed by atoms with E-state index < -0.39 is 0 Å². The fraction of sp³-hybridized carbons (Fsp3) is 0.278. The third kappa shape index (κ3) is 4.16. The lowest BCUT2D eigenvalue weighted by Gasteiger charge is -2.14. The molecule has 4 heteroatoms. The van der Waals surface area contributed by atoms with E-state index in [-0.39, 0.29) is 0 Å². The fourth-order valence-corrected chi connectivity index (χ4v) is 2.13. The van der Waals surface area contributed by atoms with Crippen LogP contribution in [0.3, 0.4) is 0 Å². The minimum absolute atomic E-state index is 0.604. The van der Waals surface area contributed by atoms with Crippen molar-refractivity contribution in [1.82, 2.24) is 0 Å². The molecule has 0 aliphatic rings. The summed E-state index contributed by atoms with van der Waals surface area (Å²) in [7, 11) is 0. The molecule has 0 unspecified atom stereocenters. The van der Waals surface area contributed by atoms with Crippen molar-refractivity contribution < 1.29 is 9.47 Å².